The fraction of sp³-hybridized carbons (Fsp3) is 0.528. The number of aromatic nitrogens is 3. The Labute approximate surface area is 266 Å². The molecule has 1 aromatic carbocycles. The molecular formula is C36H40FN6OP. The Morgan fingerprint density at radius 3 is 2.82 bits per heavy atom. The van der Waals surface area contributed by atoms with Crippen molar-refractivity contribution < 1.29 is 9.13 Å². The molecule has 7 heterocycles. The van der Waals surface area contributed by atoms with Crippen LogP contribution in [0.25, 0.3) is 27.7 Å². The highest BCUT2D eigenvalue weighted by Gasteiger charge is 2.47. The SMILES string of the molecule is C#CC1=C(F)CCc2cccc(-c3nc4c5c(nc(OCC67CCCN6CCC7)nc5c3P)N3C[C@H]5CC[C@H](N5)C3[C@@H](C)C4)c21. The van der Waals surface area contributed by atoms with Gasteiger partial charge in [-0.15, -0.1) is 15.7 Å². The molecule has 3 aromatic rings. The van der Waals surface area contributed by atoms with Crippen LogP contribution in [0.5, 0.6) is 6.01 Å². The van der Waals surface area contributed by atoms with Crippen molar-refractivity contribution in [2.24, 2.45) is 5.92 Å². The maximum absolute atomic E-state index is 15.2. The van der Waals surface area contributed by atoms with Gasteiger partial charge in [0, 0.05) is 47.5 Å². The third-order valence-corrected chi connectivity index (χ3v) is 12.3. The highest BCUT2D eigenvalue weighted by Crippen LogP contribution is 2.45. The molecule has 6 aliphatic rings. The van der Waals surface area contributed by atoms with Crippen molar-refractivity contribution in [3.05, 3.63) is 40.8 Å². The predicted molar refractivity (Wildman–Crippen MR) is 180 cm³/mol. The van der Waals surface area contributed by atoms with Gasteiger partial charge >= 0.3 is 6.01 Å². The number of rotatable bonds is 4. The standard InChI is InChI=1S/C36H40FN6OP/c1-3-23-25(37)11-9-21-7-4-8-24(28(21)23)30-33(45)31-29-27(39-30)17-20(2)32-26-12-10-22(38-26)18-43(32)34(29)41-35(40-31)44-19-36-13-5-15-42(36)16-6-14-36/h1,4,7-8,20,22,26,32,38H,5-6,9-19,45H2,2H3/t20-,22+,26-,32?/m0/s1. The second-order valence-electron chi connectivity index (χ2n) is 14.2. The van der Waals surface area contributed by atoms with Gasteiger partial charge in [0.05, 0.1) is 33.4 Å². The summed E-state index contributed by atoms with van der Waals surface area (Å²) in [7, 11) is 2.93. The van der Waals surface area contributed by atoms with E-state index in [0.29, 0.717) is 55.1 Å². The van der Waals surface area contributed by atoms with Gasteiger partial charge in [-0.1, -0.05) is 31.0 Å². The van der Waals surface area contributed by atoms with Gasteiger partial charge in [-0.05, 0) is 75.9 Å². The Balaban J connectivity index is 1.24. The summed E-state index contributed by atoms with van der Waals surface area (Å²) in [5, 5.41) is 5.80. The van der Waals surface area contributed by atoms with Crippen molar-refractivity contribution >= 4 is 36.8 Å². The summed E-state index contributed by atoms with van der Waals surface area (Å²) in [4.78, 5) is 21.0. The molecule has 4 fully saturated rings. The van der Waals surface area contributed by atoms with Crippen molar-refractivity contribution in [1.29, 1.82) is 0 Å². The topological polar surface area (TPSA) is 66.4 Å². The smallest absolute Gasteiger partial charge is 0.319 e. The summed E-state index contributed by atoms with van der Waals surface area (Å²) < 4.78 is 21.8. The number of fused-ring (bicyclic) bond motifs is 7. The van der Waals surface area contributed by atoms with Crippen LogP contribution in [0.2, 0.25) is 0 Å². The van der Waals surface area contributed by atoms with E-state index in [-0.39, 0.29) is 11.4 Å². The molecule has 5 aliphatic heterocycles. The number of anilines is 1. The fourth-order valence-electron chi connectivity index (χ4n) is 9.69. The highest BCUT2D eigenvalue weighted by atomic mass is 31.0. The lowest BCUT2D eigenvalue weighted by Gasteiger charge is -2.43. The second-order valence-corrected chi connectivity index (χ2v) is 14.8. The van der Waals surface area contributed by atoms with E-state index in [9.17, 15) is 0 Å². The van der Waals surface area contributed by atoms with Crippen LogP contribution in [0.4, 0.5) is 10.2 Å². The predicted octanol–water partition coefficient (Wildman–Crippen LogP) is 4.96. The number of terminal acetylenes is 1. The molecule has 45 heavy (non-hydrogen) atoms. The molecule has 0 spiro atoms. The van der Waals surface area contributed by atoms with Crippen LogP contribution in [-0.4, -0.2) is 69.8 Å². The first-order valence-electron chi connectivity index (χ1n) is 16.8. The largest absolute Gasteiger partial charge is 0.461 e. The van der Waals surface area contributed by atoms with E-state index in [1.54, 1.807) is 0 Å². The normalized spacial score (nSPS) is 28.1. The Morgan fingerprint density at radius 1 is 1.16 bits per heavy atom. The van der Waals surface area contributed by atoms with E-state index in [2.05, 4.69) is 43.3 Å². The van der Waals surface area contributed by atoms with Crippen LogP contribution < -0.4 is 20.3 Å². The van der Waals surface area contributed by atoms with E-state index in [1.807, 2.05) is 12.1 Å². The lowest BCUT2D eigenvalue weighted by molar-refractivity contribution is 0.108. The lowest BCUT2D eigenvalue weighted by atomic mass is 9.85. The molecule has 2 aromatic heterocycles. The molecule has 2 bridgehead atoms. The molecule has 232 valence electrons. The zero-order chi connectivity index (χ0) is 30.4. The zero-order valence-electron chi connectivity index (χ0n) is 25.9. The molecule has 4 saturated heterocycles. The summed E-state index contributed by atoms with van der Waals surface area (Å²) in [6, 6.07) is 7.78. The number of hydrogen-bond acceptors (Lipinski definition) is 7. The van der Waals surface area contributed by atoms with Gasteiger partial charge in [0.15, 0.2) is 0 Å². The molecule has 7 nitrogen and oxygen atoms in total. The van der Waals surface area contributed by atoms with E-state index >= 15 is 4.39 Å². The van der Waals surface area contributed by atoms with Crippen LogP contribution >= 0.6 is 9.24 Å². The maximum atomic E-state index is 15.2. The Bertz CT molecular complexity index is 1810. The molecule has 0 saturated carbocycles. The monoisotopic (exact) mass is 622 g/mol. The Kier molecular flexibility index (Phi) is 6.54. The molecule has 0 radical (unpaired) electrons. The molecule has 0 amide bonds. The Morgan fingerprint density at radius 2 is 2.00 bits per heavy atom. The molecular weight excluding hydrogens is 582 g/mol. The number of ether oxygens (including phenoxy) is 1. The summed E-state index contributed by atoms with van der Waals surface area (Å²) in [5.41, 5.74) is 5.81. The summed E-state index contributed by atoms with van der Waals surface area (Å²) in [6.07, 6.45) is 14.8. The molecule has 9 rings (SSSR count). The summed E-state index contributed by atoms with van der Waals surface area (Å²) in [6.45, 7) is 6.19. The van der Waals surface area contributed by atoms with E-state index in [1.165, 1.54) is 38.5 Å². The average molecular weight is 623 g/mol. The minimum absolute atomic E-state index is 0.0983. The number of pyridine rings is 1. The number of allylic oxidation sites excluding steroid dienone is 2. The number of aryl methyl sites for hydroxylation is 1. The van der Waals surface area contributed by atoms with Crippen LogP contribution in [0.3, 0.4) is 0 Å². The minimum atomic E-state index is -0.220. The van der Waals surface area contributed by atoms with Gasteiger partial charge in [-0.3, -0.25) is 9.88 Å². The van der Waals surface area contributed by atoms with Gasteiger partial charge in [0.2, 0.25) is 0 Å². The number of halogens is 1. The van der Waals surface area contributed by atoms with E-state index in [0.717, 1.165) is 76.2 Å². The number of piperazine rings is 1. The number of benzene rings is 1. The van der Waals surface area contributed by atoms with Gasteiger partial charge in [-0.25, -0.2) is 4.39 Å². The van der Waals surface area contributed by atoms with Gasteiger partial charge in [0.1, 0.15) is 18.3 Å². The third-order valence-electron chi connectivity index (χ3n) is 11.7. The summed E-state index contributed by atoms with van der Waals surface area (Å²) >= 11 is 0. The van der Waals surface area contributed by atoms with Crippen molar-refractivity contribution in [3.8, 4) is 29.6 Å². The van der Waals surface area contributed by atoms with Crippen LogP contribution in [0.15, 0.2) is 24.0 Å². The van der Waals surface area contributed by atoms with Crippen molar-refractivity contribution in [3.63, 3.8) is 0 Å². The molecule has 2 unspecified atom stereocenters. The van der Waals surface area contributed by atoms with Gasteiger partial charge in [-0.2, -0.15) is 9.97 Å². The maximum Gasteiger partial charge on any atom is 0.319 e. The van der Waals surface area contributed by atoms with E-state index < -0.39 is 0 Å². The fourth-order valence-corrected chi connectivity index (χ4v) is 10.1. The quantitative estimate of drug-likeness (QED) is 0.326. The number of hydrogen-bond donors (Lipinski definition) is 1. The zero-order valence-corrected chi connectivity index (χ0v) is 27.1. The van der Waals surface area contributed by atoms with Gasteiger partial charge < -0.3 is 15.0 Å². The first-order valence-corrected chi connectivity index (χ1v) is 17.4. The number of nitrogens with zero attached hydrogens (tertiary/aromatic N) is 5. The molecule has 1 aliphatic carbocycles. The van der Waals surface area contributed by atoms with Crippen molar-refractivity contribution in [1.82, 2.24) is 25.2 Å². The third kappa shape index (κ3) is 4.23. The second kappa shape index (κ2) is 10.5. The lowest BCUT2D eigenvalue weighted by Crippen LogP contribution is -2.60. The first kappa shape index (κ1) is 28.1. The van der Waals surface area contributed by atoms with Crippen LogP contribution in [0, 0.1) is 18.3 Å². The molecule has 9 heteroatoms. The number of nitrogens with one attached hydrogen (secondary N) is 1. The van der Waals surface area contributed by atoms with Crippen molar-refractivity contribution in [2.45, 2.75) is 88.4 Å². The first-order chi connectivity index (χ1) is 21.9. The molecule has 5 atom stereocenters. The van der Waals surface area contributed by atoms with Crippen LogP contribution in [-0.2, 0) is 12.8 Å². The highest BCUT2D eigenvalue weighted by molar-refractivity contribution is 7.28. The van der Waals surface area contributed by atoms with Crippen LogP contribution in [0.1, 0.15) is 68.7 Å². The summed E-state index contributed by atoms with van der Waals surface area (Å²) in [5.74, 6) is 3.76. The van der Waals surface area contributed by atoms with Gasteiger partial charge in [0.25, 0.3) is 0 Å². The molecule has 1 N–H and O–H groups in total. The average Bonchev–Trinajstić information content (AvgIpc) is 3.72. The minimum Gasteiger partial charge on any atom is -0.461 e. The Hall–Kier alpha value is -3.11. The van der Waals surface area contributed by atoms with Crippen molar-refractivity contribution in [2.75, 3.05) is 31.1 Å². The van der Waals surface area contributed by atoms with E-state index in [4.69, 9.17) is 26.1 Å².